The molecule has 1 N–H and O–H groups in total. The van der Waals surface area contributed by atoms with Crippen molar-refractivity contribution in [2.45, 2.75) is 19.1 Å². The second-order valence-electron chi connectivity index (χ2n) is 6.76. The van der Waals surface area contributed by atoms with Gasteiger partial charge in [0.2, 0.25) is 5.76 Å². The molecule has 0 spiro atoms. The molecule has 132 valence electrons. The maximum absolute atomic E-state index is 12.0. The molecule has 1 amide bonds. The number of nitrogens with zero attached hydrogens (tertiary/aromatic N) is 3. The fourth-order valence-corrected chi connectivity index (χ4v) is 3.81. The highest BCUT2D eigenvalue weighted by Crippen LogP contribution is 2.34. The van der Waals surface area contributed by atoms with Crippen molar-refractivity contribution in [3.05, 3.63) is 48.1 Å². The lowest BCUT2D eigenvalue weighted by atomic mass is 9.84. The fourth-order valence-electron chi connectivity index (χ4n) is 3.81. The summed E-state index contributed by atoms with van der Waals surface area (Å²) in [4.78, 5) is 18.6. The zero-order valence-corrected chi connectivity index (χ0v) is 14.0. The third-order valence-electron chi connectivity index (χ3n) is 5.17. The van der Waals surface area contributed by atoms with E-state index in [0.717, 1.165) is 32.7 Å². The van der Waals surface area contributed by atoms with E-state index in [9.17, 15) is 4.79 Å². The molecular weight excluding hydrogens is 320 g/mol. The van der Waals surface area contributed by atoms with Gasteiger partial charge in [-0.3, -0.25) is 14.7 Å². The van der Waals surface area contributed by atoms with Crippen molar-refractivity contribution in [1.82, 2.24) is 20.4 Å². The van der Waals surface area contributed by atoms with Gasteiger partial charge in [0.25, 0.3) is 5.91 Å². The van der Waals surface area contributed by atoms with Crippen LogP contribution in [0.2, 0.25) is 0 Å². The molecule has 4 heterocycles. The van der Waals surface area contributed by atoms with Gasteiger partial charge in [0, 0.05) is 44.0 Å². The predicted molar refractivity (Wildman–Crippen MR) is 89.7 cm³/mol. The van der Waals surface area contributed by atoms with Crippen LogP contribution in [-0.4, -0.2) is 53.3 Å². The van der Waals surface area contributed by atoms with Crippen LogP contribution in [0.15, 0.2) is 41.3 Å². The van der Waals surface area contributed by atoms with E-state index in [1.807, 2.05) is 12.4 Å². The molecule has 2 fully saturated rings. The Kier molecular flexibility index (Phi) is 4.76. The summed E-state index contributed by atoms with van der Waals surface area (Å²) in [6.45, 7) is 4.31. The highest BCUT2D eigenvalue weighted by molar-refractivity contribution is 5.91. The smallest absolute Gasteiger partial charge is 0.289 e. The molecule has 25 heavy (non-hydrogen) atoms. The van der Waals surface area contributed by atoms with Crippen molar-refractivity contribution >= 4 is 5.91 Å². The van der Waals surface area contributed by atoms with Gasteiger partial charge in [0.15, 0.2) is 0 Å². The molecule has 0 unspecified atom stereocenters. The number of rotatable bonds is 5. The summed E-state index contributed by atoms with van der Waals surface area (Å²) >= 11 is 0. The summed E-state index contributed by atoms with van der Waals surface area (Å²) in [5.41, 5.74) is 1.28. The largest absolute Gasteiger partial charge is 0.376 e. The van der Waals surface area contributed by atoms with Crippen molar-refractivity contribution in [3.8, 4) is 0 Å². The molecule has 7 nitrogen and oxygen atoms in total. The van der Waals surface area contributed by atoms with Crippen LogP contribution < -0.4 is 5.32 Å². The first-order valence-electron chi connectivity index (χ1n) is 8.71. The molecule has 0 aliphatic carbocycles. The molecule has 4 rings (SSSR count). The quantitative estimate of drug-likeness (QED) is 0.883. The summed E-state index contributed by atoms with van der Waals surface area (Å²) in [6, 6.07) is 5.68. The Morgan fingerprint density at radius 2 is 2.16 bits per heavy atom. The number of aromatic nitrogens is 2. The maximum Gasteiger partial charge on any atom is 0.289 e. The normalized spacial score (nSPS) is 26.3. The third-order valence-corrected chi connectivity index (χ3v) is 5.17. The van der Waals surface area contributed by atoms with Crippen molar-refractivity contribution < 1.29 is 14.1 Å². The first kappa shape index (κ1) is 16.2. The number of hydrogen-bond acceptors (Lipinski definition) is 6. The molecular formula is C18H22N4O3. The highest BCUT2D eigenvalue weighted by Gasteiger charge is 2.40. The summed E-state index contributed by atoms with van der Waals surface area (Å²) < 4.78 is 10.9. The first-order valence-corrected chi connectivity index (χ1v) is 8.71. The molecule has 0 aromatic carbocycles. The van der Waals surface area contributed by atoms with Gasteiger partial charge >= 0.3 is 0 Å². The molecule has 2 aliphatic rings. The molecule has 0 bridgehead atoms. The van der Waals surface area contributed by atoms with Gasteiger partial charge < -0.3 is 14.6 Å². The maximum atomic E-state index is 12.0. The molecule has 0 radical (unpaired) electrons. The Bertz CT molecular complexity index is 692. The number of carbonyl (C=O) groups excluding carboxylic acids is 1. The number of carbonyl (C=O) groups is 1. The minimum absolute atomic E-state index is 0.0529. The lowest BCUT2D eigenvalue weighted by molar-refractivity contribution is 0.0664. The van der Waals surface area contributed by atoms with Crippen LogP contribution in [0.3, 0.4) is 0 Å². The van der Waals surface area contributed by atoms with E-state index in [4.69, 9.17) is 9.26 Å². The molecule has 3 atom stereocenters. The molecule has 7 heteroatoms. The number of likely N-dealkylation sites (tertiary alicyclic amines) is 1. The van der Waals surface area contributed by atoms with Crippen LogP contribution in [0.25, 0.3) is 0 Å². The summed E-state index contributed by atoms with van der Waals surface area (Å²) in [5.74, 6) is 1.03. The van der Waals surface area contributed by atoms with Crippen LogP contribution in [0, 0.1) is 11.8 Å². The van der Waals surface area contributed by atoms with Gasteiger partial charge in [-0.25, -0.2) is 0 Å². The summed E-state index contributed by atoms with van der Waals surface area (Å²) in [7, 11) is 0. The lowest BCUT2D eigenvalue weighted by Crippen LogP contribution is -2.45. The van der Waals surface area contributed by atoms with Crippen LogP contribution in [0.1, 0.15) is 22.5 Å². The monoisotopic (exact) mass is 342 g/mol. The Morgan fingerprint density at radius 1 is 1.28 bits per heavy atom. The van der Waals surface area contributed by atoms with E-state index in [-0.39, 0.29) is 17.8 Å². The predicted octanol–water partition coefficient (Wildman–Crippen LogP) is 1.34. The zero-order chi connectivity index (χ0) is 17.1. The van der Waals surface area contributed by atoms with Crippen molar-refractivity contribution in [2.24, 2.45) is 11.8 Å². The van der Waals surface area contributed by atoms with Gasteiger partial charge in [0.1, 0.15) is 0 Å². The number of ether oxygens (including phenoxy) is 1. The lowest BCUT2D eigenvalue weighted by Gasteiger charge is -2.36. The van der Waals surface area contributed by atoms with Crippen molar-refractivity contribution in [3.63, 3.8) is 0 Å². The third kappa shape index (κ3) is 3.72. The number of nitrogens with one attached hydrogen (secondary N) is 1. The number of hydrogen-bond donors (Lipinski definition) is 1. The van der Waals surface area contributed by atoms with Crippen molar-refractivity contribution in [1.29, 1.82) is 0 Å². The minimum atomic E-state index is -0.242. The first-order chi connectivity index (χ1) is 12.3. The Labute approximate surface area is 146 Å². The van der Waals surface area contributed by atoms with E-state index >= 15 is 0 Å². The van der Waals surface area contributed by atoms with E-state index in [2.05, 4.69) is 32.5 Å². The second-order valence-corrected chi connectivity index (χ2v) is 6.76. The molecule has 2 aromatic rings. The van der Waals surface area contributed by atoms with E-state index < -0.39 is 0 Å². The van der Waals surface area contributed by atoms with Crippen molar-refractivity contribution in [2.75, 3.05) is 26.2 Å². The molecule has 2 saturated heterocycles. The Hall–Kier alpha value is -2.25. The molecule has 2 aliphatic heterocycles. The van der Waals surface area contributed by atoms with Crippen LogP contribution in [-0.2, 0) is 11.3 Å². The van der Waals surface area contributed by atoms with Crippen LogP contribution >= 0.6 is 0 Å². The molecule has 0 saturated carbocycles. The van der Waals surface area contributed by atoms with Gasteiger partial charge in [-0.05, 0) is 36.6 Å². The van der Waals surface area contributed by atoms with Gasteiger partial charge in [-0.2, -0.15) is 0 Å². The summed E-state index contributed by atoms with van der Waals surface area (Å²) in [5, 5.41) is 6.46. The fraction of sp³-hybridized carbons (Fsp3) is 0.500. The number of fused-ring (bicyclic) bond motifs is 1. The van der Waals surface area contributed by atoms with Gasteiger partial charge in [0.05, 0.1) is 18.9 Å². The van der Waals surface area contributed by atoms with Gasteiger partial charge in [-0.1, -0.05) is 5.16 Å². The van der Waals surface area contributed by atoms with Crippen LogP contribution in [0.5, 0.6) is 0 Å². The van der Waals surface area contributed by atoms with E-state index in [0.29, 0.717) is 18.4 Å². The Morgan fingerprint density at radius 3 is 2.96 bits per heavy atom. The highest BCUT2D eigenvalue weighted by atomic mass is 16.5. The number of amides is 1. The SMILES string of the molecule is O=C(NC[C@@H]1OC[C@H]2CCN(Cc3ccncc3)C[C@H]21)c1ccno1. The number of piperidine rings is 1. The molecule has 2 aromatic heterocycles. The van der Waals surface area contributed by atoms with Crippen LogP contribution in [0.4, 0.5) is 0 Å². The van der Waals surface area contributed by atoms with E-state index in [1.165, 1.54) is 11.8 Å². The zero-order valence-electron chi connectivity index (χ0n) is 14.0. The average Bonchev–Trinajstić information content (AvgIpc) is 3.31. The Balaban J connectivity index is 1.33. The number of pyridine rings is 1. The van der Waals surface area contributed by atoms with E-state index in [1.54, 1.807) is 6.07 Å². The summed E-state index contributed by atoms with van der Waals surface area (Å²) in [6.07, 6.45) is 6.33. The second kappa shape index (κ2) is 7.33. The average molecular weight is 342 g/mol. The standard InChI is InChI=1S/C18H22N4O3/c23-18(16-3-7-21-25-16)20-9-17-15-11-22(8-4-14(15)12-24-17)10-13-1-5-19-6-2-13/h1-3,5-7,14-15,17H,4,8-12H2,(H,20,23)/t14-,15-,17+/m1/s1. The topological polar surface area (TPSA) is 80.5 Å². The minimum Gasteiger partial charge on any atom is -0.376 e. The van der Waals surface area contributed by atoms with Gasteiger partial charge in [-0.15, -0.1) is 0 Å².